The average Bonchev–Trinajstić information content (AvgIpc) is 3.31. The molecule has 10 heteroatoms. The molecule has 1 aliphatic heterocycles. The number of β-amino-alcohol motifs (C(OH)–C–C–N with tert-alkyl or cyclic N) is 1. The Hall–Kier alpha value is -3.31. The van der Waals surface area contributed by atoms with Crippen molar-refractivity contribution in [3.05, 3.63) is 72.4 Å². The molecule has 0 saturated carbocycles. The lowest BCUT2D eigenvalue weighted by Crippen LogP contribution is -2.40. The fourth-order valence-corrected chi connectivity index (χ4v) is 6.72. The number of hydrogen-bond acceptors (Lipinski definition) is 7. The van der Waals surface area contributed by atoms with Gasteiger partial charge in [0.15, 0.2) is 0 Å². The number of fused-ring (bicyclic) bond motifs is 1. The van der Waals surface area contributed by atoms with E-state index in [-0.39, 0.29) is 11.0 Å². The largest absolute Gasteiger partial charge is 0.392 e. The summed E-state index contributed by atoms with van der Waals surface area (Å²) in [5.41, 5.74) is 3.95. The molecule has 3 N–H and O–H groups in total. The molecule has 2 aromatic carbocycles. The zero-order valence-electron chi connectivity index (χ0n) is 23.5. The molecule has 2 aromatic heterocycles. The summed E-state index contributed by atoms with van der Waals surface area (Å²) in [4.78, 5) is 7.01. The van der Waals surface area contributed by atoms with E-state index in [2.05, 4.69) is 44.2 Å². The van der Waals surface area contributed by atoms with E-state index < -0.39 is 15.6 Å². The number of benzene rings is 2. The smallest absolute Gasteiger partial charge is 0.245 e. The second kappa shape index (κ2) is 11.3. The van der Waals surface area contributed by atoms with E-state index in [9.17, 15) is 13.5 Å². The van der Waals surface area contributed by atoms with Crippen LogP contribution < -0.4 is 10.0 Å². The van der Waals surface area contributed by atoms with Gasteiger partial charge in [0.1, 0.15) is 0 Å². The van der Waals surface area contributed by atoms with Gasteiger partial charge in [-0.1, -0.05) is 24.3 Å². The monoisotopic (exact) mass is 562 g/mol. The van der Waals surface area contributed by atoms with Crippen molar-refractivity contribution in [2.24, 2.45) is 0 Å². The first kappa shape index (κ1) is 28.2. The fourth-order valence-electron chi connectivity index (χ4n) is 5.25. The number of aromatic nitrogens is 3. The van der Waals surface area contributed by atoms with Gasteiger partial charge in [-0.3, -0.25) is 0 Å². The Bertz CT molecular complexity index is 1570. The minimum atomic E-state index is -3.67. The van der Waals surface area contributed by atoms with E-state index in [0.29, 0.717) is 11.9 Å². The molecule has 0 aliphatic carbocycles. The third kappa shape index (κ3) is 6.69. The molecule has 9 nitrogen and oxygen atoms in total. The molecule has 5 rings (SSSR count). The third-order valence-corrected chi connectivity index (χ3v) is 8.78. The topological polar surface area (TPSA) is 112 Å². The van der Waals surface area contributed by atoms with Crippen molar-refractivity contribution in [2.45, 2.75) is 63.0 Å². The van der Waals surface area contributed by atoms with Gasteiger partial charge in [0.2, 0.25) is 16.0 Å². The predicted molar refractivity (Wildman–Crippen MR) is 158 cm³/mol. The van der Waals surface area contributed by atoms with Crippen molar-refractivity contribution in [1.82, 2.24) is 24.2 Å². The number of anilines is 2. The normalized spacial score (nSPS) is 16.3. The summed E-state index contributed by atoms with van der Waals surface area (Å²) < 4.78 is 30.3. The zero-order chi connectivity index (χ0) is 28.5. The predicted octanol–water partition coefficient (Wildman–Crippen LogP) is 4.78. The molecule has 1 atom stereocenters. The Labute approximate surface area is 236 Å². The summed E-state index contributed by atoms with van der Waals surface area (Å²) in [6.07, 6.45) is 3.63. The van der Waals surface area contributed by atoms with Crippen LogP contribution in [0.3, 0.4) is 0 Å². The van der Waals surface area contributed by atoms with Crippen LogP contribution in [0.1, 0.15) is 52.0 Å². The maximum absolute atomic E-state index is 12.9. The number of likely N-dealkylation sites (tertiary alicyclic amines) is 1. The SMILES string of the molecule is C[C@H](O)CN1CCC(c2ccc(Nc3ncc4ccc(-c5cccc(S(=O)(=O)NC(C)(C)C)c5)n4n3)cc2)CC1. The highest BCUT2D eigenvalue weighted by molar-refractivity contribution is 7.89. The van der Waals surface area contributed by atoms with Crippen molar-refractivity contribution in [3.8, 4) is 11.3 Å². The number of sulfonamides is 1. The first-order valence-electron chi connectivity index (χ1n) is 13.7. The molecule has 0 spiro atoms. The lowest BCUT2D eigenvalue weighted by molar-refractivity contribution is 0.109. The van der Waals surface area contributed by atoms with Crippen LogP contribution in [0.4, 0.5) is 11.6 Å². The number of hydrogen-bond donors (Lipinski definition) is 3. The number of rotatable bonds is 8. The first-order chi connectivity index (χ1) is 19.0. The van der Waals surface area contributed by atoms with Gasteiger partial charge in [-0.05, 0) is 102 Å². The Morgan fingerprint density at radius 2 is 1.77 bits per heavy atom. The summed E-state index contributed by atoms with van der Waals surface area (Å²) in [6, 6.07) is 19.1. The van der Waals surface area contributed by atoms with Crippen LogP contribution >= 0.6 is 0 Å². The van der Waals surface area contributed by atoms with Gasteiger partial charge in [0.25, 0.3) is 0 Å². The second-order valence-corrected chi connectivity index (χ2v) is 13.4. The van der Waals surface area contributed by atoms with Crippen LogP contribution in [0.25, 0.3) is 16.8 Å². The number of nitrogens with one attached hydrogen (secondary N) is 2. The number of aliphatic hydroxyl groups excluding tert-OH is 1. The molecule has 0 unspecified atom stereocenters. The van der Waals surface area contributed by atoms with Crippen LogP contribution in [0, 0.1) is 0 Å². The van der Waals surface area contributed by atoms with Gasteiger partial charge < -0.3 is 15.3 Å². The summed E-state index contributed by atoms with van der Waals surface area (Å²) >= 11 is 0. The fraction of sp³-hybridized carbons (Fsp3) is 0.400. The lowest BCUT2D eigenvalue weighted by atomic mass is 9.89. The summed E-state index contributed by atoms with van der Waals surface area (Å²) in [5, 5.41) is 17.7. The Morgan fingerprint density at radius 1 is 1.05 bits per heavy atom. The minimum absolute atomic E-state index is 0.205. The van der Waals surface area contributed by atoms with E-state index >= 15 is 0 Å². The van der Waals surface area contributed by atoms with Crippen LogP contribution in [-0.2, 0) is 10.0 Å². The van der Waals surface area contributed by atoms with Gasteiger partial charge in [-0.25, -0.2) is 22.6 Å². The maximum Gasteiger partial charge on any atom is 0.245 e. The average molecular weight is 563 g/mol. The molecule has 212 valence electrons. The molecule has 3 heterocycles. The van der Waals surface area contributed by atoms with E-state index in [1.165, 1.54) is 5.56 Å². The Morgan fingerprint density at radius 3 is 2.45 bits per heavy atom. The van der Waals surface area contributed by atoms with Crippen LogP contribution in [-0.4, -0.2) is 64.3 Å². The summed E-state index contributed by atoms with van der Waals surface area (Å²) in [5.74, 6) is 0.967. The molecule has 0 radical (unpaired) electrons. The molecular formula is C30H38N6O3S. The zero-order valence-corrected chi connectivity index (χ0v) is 24.3. The Balaban J connectivity index is 1.32. The Kier molecular flexibility index (Phi) is 7.96. The summed E-state index contributed by atoms with van der Waals surface area (Å²) in [7, 11) is -3.67. The molecule has 1 aliphatic rings. The van der Waals surface area contributed by atoms with E-state index in [4.69, 9.17) is 5.10 Å². The molecule has 1 saturated heterocycles. The molecule has 0 bridgehead atoms. The van der Waals surface area contributed by atoms with Crippen molar-refractivity contribution >= 4 is 27.2 Å². The standard InChI is InChI=1S/C30H38N6O3S/c1-21(37)20-35-16-14-23(15-17-35)22-8-10-25(11-9-22)32-29-31-19-26-12-13-28(36(26)33-29)24-6-5-7-27(18-24)40(38,39)34-30(2,3)4/h5-13,18-19,21,23,34,37H,14-17,20H2,1-4H3,(H,32,33)/t21-/m0/s1. The van der Waals surface area contributed by atoms with Crippen molar-refractivity contribution < 1.29 is 13.5 Å². The van der Waals surface area contributed by atoms with Crippen molar-refractivity contribution in [1.29, 1.82) is 0 Å². The van der Waals surface area contributed by atoms with Crippen molar-refractivity contribution in [3.63, 3.8) is 0 Å². The number of aliphatic hydroxyl groups is 1. The molecule has 1 fully saturated rings. The van der Waals surface area contributed by atoms with Crippen LogP contribution in [0.2, 0.25) is 0 Å². The van der Waals surface area contributed by atoms with Gasteiger partial charge in [0, 0.05) is 23.3 Å². The van der Waals surface area contributed by atoms with Crippen LogP contribution in [0.5, 0.6) is 0 Å². The first-order valence-corrected chi connectivity index (χ1v) is 15.2. The molecule has 0 amide bonds. The molecule has 4 aromatic rings. The number of nitrogens with zero attached hydrogens (tertiary/aromatic N) is 4. The van der Waals surface area contributed by atoms with Gasteiger partial charge in [-0.15, -0.1) is 5.10 Å². The summed E-state index contributed by atoms with van der Waals surface area (Å²) in [6.45, 7) is 10.0. The van der Waals surface area contributed by atoms with E-state index in [0.717, 1.165) is 54.9 Å². The number of piperidine rings is 1. The van der Waals surface area contributed by atoms with Gasteiger partial charge in [0.05, 0.1) is 28.4 Å². The van der Waals surface area contributed by atoms with Gasteiger partial charge in [-0.2, -0.15) is 0 Å². The van der Waals surface area contributed by atoms with E-state index in [1.807, 2.05) is 45.9 Å². The molecular weight excluding hydrogens is 524 g/mol. The van der Waals surface area contributed by atoms with Gasteiger partial charge >= 0.3 is 0 Å². The second-order valence-electron chi connectivity index (χ2n) is 11.7. The van der Waals surface area contributed by atoms with Crippen molar-refractivity contribution in [2.75, 3.05) is 25.0 Å². The van der Waals surface area contributed by atoms with Crippen LogP contribution in [0.15, 0.2) is 71.8 Å². The highest BCUT2D eigenvalue weighted by atomic mass is 32.2. The quantitative estimate of drug-likeness (QED) is 0.283. The highest BCUT2D eigenvalue weighted by Crippen LogP contribution is 2.30. The van der Waals surface area contributed by atoms with E-state index in [1.54, 1.807) is 28.9 Å². The maximum atomic E-state index is 12.9. The third-order valence-electron chi connectivity index (χ3n) is 7.03. The molecule has 40 heavy (non-hydrogen) atoms. The lowest BCUT2D eigenvalue weighted by Gasteiger charge is -2.32. The highest BCUT2D eigenvalue weighted by Gasteiger charge is 2.23. The minimum Gasteiger partial charge on any atom is -0.392 e.